The van der Waals surface area contributed by atoms with Crippen LogP contribution in [0.25, 0.3) is 21.3 Å². The lowest BCUT2D eigenvalue weighted by molar-refractivity contribution is -0.114. The zero-order chi connectivity index (χ0) is 22.2. The molecule has 0 bridgehead atoms. The number of nitrogens with zero attached hydrogens (tertiary/aromatic N) is 2. The second kappa shape index (κ2) is 8.05. The number of carbonyl (C=O) groups excluding carboxylic acids is 1. The van der Waals surface area contributed by atoms with E-state index in [-0.39, 0.29) is 10.8 Å². The van der Waals surface area contributed by atoms with Crippen LogP contribution in [0, 0.1) is 12.7 Å². The molecule has 0 saturated carbocycles. The molecule has 2 aromatic carbocycles. The number of benzene rings is 2. The zero-order valence-electron chi connectivity index (χ0n) is 16.5. The van der Waals surface area contributed by atoms with Gasteiger partial charge in [0.05, 0.1) is 26.5 Å². The van der Waals surface area contributed by atoms with Crippen LogP contribution in [-0.4, -0.2) is 24.3 Å². The molecule has 10 heteroatoms. The number of pyridine rings is 1. The average molecular weight is 457 g/mol. The molecule has 31 heavy (non-hydrogen) atoms. The molecule has 2 heterocycles. The predicted octanol–water partition coefficient (Wildman–Crippen LogP) is 4.57. The minimum Gasteiger partial charge on any atom is -0.302 e. The summed E-state index contributed by atoms with van der Waals surface area (Å²) in [5, 5.41) is 3.18. The number of hydrogen-bond donors (Lipinski definition) is 2. The monoisotopic (exact) mass is 456 g/mol. The third-order valence-corrected chi connectivity index (χ3v) is 6.77. The summed E-state index contributed by atoms with van der Waals surface area (Å²) < 4.78 is 41.9. The minimum atomic E-state index is -3.90. The number of halogens is 1. The van der Waals surface area contributed by atoms with E-state index in [1.165, 1.54) is 30.4 Å². The van der Waals surface area contributed by atoms with Crippen molar-refractivity contribution in [3.63, 3.8) is 0 Å². The van der Waals surface area contributed by atoms with Gasteiger partial charge in [0.1, 0.15) is 5.82 Å². The Morgan fingerprint density at radius 2 is 1.81 bits per heavy atom. The quantitative estimate of drug-likeness (QED) is 0.458. The molecule has 7 nitrogen and oxygen atoms in total. The van der Waals surface area contributed by atoms with Crippen molar-refractivity contribution in [3.05, 3.63) is 66.2 Å². The second-order valence-corrected chi connectivity index (χ2v) is 9.51. The standard InChI is InChI=1S/C21H17FN4O3S2/c1-12-19(26-31(28,29)17-6-4-16(22)5-7-17)9-15(11-23-12)14-3-8-18-20(10-14)30-21(25-18)24-13(2)27/h3-11,26H,1-2H3,(H,24,25,27). The Bertz CT molecular complexity index is 1400. The van der Waals surface area contributed by atoms with Gasteiger partial charge in [-0.1, -0.05) is 17.4 Å². The van der Waals surface area contributed by atoms with Crippen LogP contribution in [-0.2, 0) is 14.8 Å². The van der Waals surface area contributed by atoms with Gasteiger partial charge in [0.25, 0.3) is 10.0 Å². The number of rotatable bonds is 5. The molecule has 0 radical (unpaired) electrons. The molecule has 0 spiro atoms. The van der Waals surface area contributed by atoms with E-state index < -0.39 is 15.8 Å². The summed E-state index contributed by atoms with van der Waals surface area (Å²) in [5.74, 6) is -0.709. The molecule has 2 N–H and O–H groups in total. The first kappa shape index (κ1) is 20.9. The lowest BCUT2D eigenvalue weighted by Crippen LogP contribution is -2.14. The van der Waals surface area contributed by atoms with Crippen molar-refractivity contribution in [3.8, 4) is 11.1 Å². The second-order valence-electron chi connectivity index (χ2n) is 6.80. The van der Waals surface area contributed by atoms with Gasteiger partial charge in [0.2, 0.25) is 5.91 Å². The van der Waals surface area contributed by atoms with Crippen molar-refractivity contribution in [2.45, 2.75) is 18.7 Å². The highest BCUT2D eigenvalue weighted by Gasteiger charge is 2.17. The molecule has 0 aliphatic heterocycles. The van der Waals surface area contributed by atoms with E-state index in [0.717, 1.165) is 27.9 Å². The van der Waals surface area contributed by atoms with Crippen LogP contribution in [0.15, 0.2) is 59.6 Å². The van der Waals surface area contributed by atoms with Gasteiger partial charge >= 0.3 is 0 Å². The Morgan fingerprint density at radius 1 is 1.06 bits per heavy atom. The third kappa shape index (κ3) is 4.54. The van der Waals surface area contributed by atoms with E-state index in [0.29, 0.717) is 22.1 Å². The molecule has 4 aromatic rings. The molecule has 1 amide bonds. The number of fused-ring (bicyclic) bond motifs is 1. The Morgan fingerprint density at radius 3 is 2.52 bits per heavy atom. The number of anilines is 2. The summed E-state index contributed by atoms with van der Waals surface area (Å²) in [5.41, 5.74) is 3.10. The SMILES string of the molecule is CC(=O)Nc1nc2ccc(-c3cnc(C)c(NS(=O)(=O)c4ccc(F)cc4)c3)cc2s1. The summed E-state index contributed by atoms with van der Waals surface area (Å²) in [7, 11) is -3.90. The van der Waals surface area contributed by atoms with Crippen LogP contribution >= 0.6 is 11.3 Å². The van der Waals surface area contributed by atoms with Crippen LogP contribution in [0.3, 0.4) is 0 Å². The zero-order valence-corrected chi connectivity index (χ0v) is 18.1. The summed E-state index contributed by atoms with van der Waals surface area (Å²) >= 11 is 1.34. The Kier molecular flexibility index (Phi) is 5.42. The topological polar surface area (TPSA) is 101 Å². The number of hydrogen-bond acceptors (Lipinski definition) is 6. The number of nitrogens with one attached hydrogen (secondary N) is 2. The number of thiazole rings is 1. The molecule has 0 unspecified atom stereocenters. The number of aromatic nitrogens is 2. The Balaban J connectivity index is 1.67. The van der Waals surface area contributed by atoms with E-state index in [9.17, 15) is 17.6 Å². The maximum absolute atomic E-state index is 13.1. The maximum Gasteiger partial charge on any atom is 0.261 e. The van der Waals surface area contributed by atoms with Gasteiger partial charge in [-0.05, 0) is 55.0 Å². The van der Waals surface area contributed by atoms with Crippen molar-refractivity contribution in [2.75, 3.05) is 10.0 Å². The lowest BCUT2D eigenvalue weighted by atomic mass is 10.1. The van der Waals surface area contributed by atoms with Crippen LogP contribution in [0.4, 0.5) is 15.2 Å². The van der Waals surface area contributed by atoms with E-state index in [1.807, 2.05) is 18.2 Å². The molecule has 0 aliphatic carbocycles. The first-order valence-corrected chi connectivity index (χ1v) is 11.4. The lowest BCUT2D eigenvalue weighted by Gasteiger charge is -2.12. The predicted molar refractivity (Wildman–Crippen MR) is 119 cm³/mol. The number of sulfonamides is 1. The number of amides is 1. The van der Waals surface area contributed by atoms with Gasteiger partial charge in [0, 0.05) is 18.7 Å². The van der Waals surface area contributed by atoms with Crippen molar-refractivity contribution in [1.29, 1.82) is 0 Å². The fraction of sp³-hybridized carbons (Fsp3) is 0.0952. The van der Waals surface area contributed by atoms with Gasteiger partial charge in [0.15, 0.2) is 5.13 Å². The average Bonchev–Trinajstić information content (AvgIpc) is 3.10. The van der Waals surface area contributed by atoms with Crippen molar-refractivity contribution < 1.29 is 17.6 Å². The number of aryl methyl sites for hydroxylation is 1. The molecule has 0 aliphatic rings. The van der Waals surface area contributed by atoms with E-state index in [1.54, 1.807) is 19.2 Å². The minimum absolute atomic E-state index is 0.0460. The Hall–Kier alpha value is -3.37. The molecule has 0 atom stereocenters. The largest absolute Gasteiger partial charge is 0.302 e. The molecule has 4 rings (SSSR count). The van der Waals surface area contributed by atoms with Gasteiger partial charge in [-0.15, -0.1) is 0 Å². The van der Waals surface area contributed by atoms with Crippen LogP contribution in [0.1, 0.15) is 12.6 Å². The van der Waals surface area contributed by atoms with E-state index >= 15 is 0 Å². The van der Waals surface area contributed by atoms with Crippen molar-refractivity contribution in [2.24, 2.45) is 0 Å². The highest BCUT2D eigenvalue weighted by Crippen LogP contribution is 2.32. The molecular formula is C21H17FN4O3S2. The highest BCUT2D eigenvalue weighted by molar-refractivity contribution is 7.92. The molecule has 158 valence electrons. The summed E-state index contributed by atoms with van der Waals surface area (Å²) in [6, 6.07) is 11.9. The molecule has 2 aromatic heterocycles. The fourth-order valence-electron chi connectivity index (χ4n) is 2.92. The van der Waals surface area contributed by atoms with Gasteiger partial charge < -0.3 is 5.32 Å². The summed E-state index contributed by atoms with van der Waals surface area (Å²) in [6.45, 7) is 3.11. The van der Waals surface area contributed by atoms with Gasteiger partial charge in [-0.3, -0.25) is 14.5 Å². The van der Waals surface area contributed by atoms with E-state index in [2.05, 4.69) is 20.0 Å². The van der Waals surface area contributed by atoms with Gasteiger partial charge in [-0.25, -0.2) is 17.8 Å². The molecular weight excluding hydrogens is 439 g/mol. The van der Waals surface area contributed by atoms with Crippen LogP contribution < -0.4 is 10.0 Å². The van der Waals surface area contributed by atoms with Crippen molar-refractivity contribution in [1.82, 2.24) is 9.97 Å². The fourth-order valence-corrected chi connectivity index (χ4v) is 4.98. The van der Waals surface area contributed by atoms with Gasteiger partial charge in [-0.2, -0.15) is 0 Å². The molecule has 0 fully saturated rings. The van der Waals surface area contributed by atoms with Crippen LogP contribution in [0.2, 0.25) is 0 Å². The third-order valence-electron chi connectivity index (χ3n) is 4.46. The van der Waals surface area contributed by atoms with Crippen LogP contribution in [0.5, 0.6) is 0 Å². The van der Waals surface area contributed by atoms with E-state index in [4.69, 9.17) is 0 Å². The normalized spacial score (nSPS) is 11.5. The number of carbonyl (C=O) groups is 1. The summed E-state index contributed by atoms with van der Waals surface area (Å²) in [4.78, 5) is 19.9. The van der Waals surface area contributed by atoms with Crippen molar-refractivity contribution >= 4 is 48.3 Å². The Labute approximate surface area is 182 Å². The first-order chi connectivity index (χ1) is 14.7. The highest BCUT2D eigenvalue weighted by atomic mass is 32.2. The smallest absolute Gasteiger partial charge is 0.261 e. The molecule has 0 saturated heterocycles. The first-order valence-electron chi connectivity index (χ1n) is 9.15. The summed E-state index contributed by atoms with van der Waals surface area (Å²) in [6.07, 6.45) is 1.65. The maximum atomic E-state index is 13.1.